The Labute approximate surface area is 105 Å². The van der Waals surface area contributed by atoms with E-state index < -0.39 is 0 Å². The highest BCUT2D eigenvalue weighted by atomic mass is 32.1. The summed E-state index contributed by atoms with van der Waals surface area (Å²) < 4.78 is 5.65. The lowest BCUT2D eigenvalue weighted by Gasteiger charge is -2.11. The van der Waals surface area contributed by atoms with Gasteiger partial charge in [0.25, 0.3) is 0 Å². The highest BCUT2D eigenvalue weighted by molar-refractivity contribution is 7.18. The monoisotopic (exact) mass is 248 g/mol. The molecule has 0 amide bonds. The molecule has 2 N–H and O–H groups in total. The fraction of sp³-hybridized carbons (Fsp3) is 0.308. The fourth-order valence-electron chi connectivity index (χ4n) is 1.67. The second kappa shape index (κ2) is 4.75. The van der Waals surface area contributed by atoms with Crippen LogP contribution >= 0.6 is 11.3 Å². The Morgan fingerprint density at radius 3 is 2.65 bits per heavy atom. The van der Waals surface area contributed by atoms with Gasteiger partial charge in [0.1, 0.15) is 5.75 Å². The molecule has 0 aliphatic heterocycles. The van der Waals surface area contributed by atoms with Crippen molar-refractivity contribution in [1.82, 2.24) is 4.98 Å². The fourth-order valence-corrected chi connectivity index (χ4v) is 2.45. The van der Waals surface area contributed by atoms with Crippen LogP contribution in [0.25, 0.3) is 10.4 Å². The molecule has 0 atom stereocenters. The van der Waals surface area contributed by atoms with Crippen molar-refractivity contribution in [3.63, 3.8) is 0 Å². The summed E-state index contributed by atoms with van der Waals surface area (Å²) in [5, 5.41) is 0.599. The van der Waals surface area contributed by atoms with Crippen LogP contribution in [0, 0.1) is 6.92 Å². The van der Waals surface area contributed by atoms with Crippen molar-refractivity contribution in [3.8, 4) is 16.2 Å². The van der Waals surface area contributed by atoms with Crippen LogP contribution in [0.2, 0.25) is 0 Å². The highest BCUT2D eigenvalue weighted by Crippen LogP contribution is 2.31. The van der Waals surface area contributed by atoms with Gasteiger partial charge < -0.3 is 10.5 Å². The third-order valence-corrected chi connectivity index (χ3v) is 3.22. The molecule has 0 saturated carbocycles. The molecule has 2 aromatic rings. The van der Waals surface area contributed by atoms with Crippen LogP contribution in [-0.2, 0) is 0 Å². The van der Waals surface area contributed by atoms with Gasteiger partial charge in [-0.3, -0.25) is 0 Å². The maximum absolute atomic E-state index is 5.65. The third kappa shape index (κ3) is 2.77. The molecule has 2 rings (SSSR count). The van der Waals surface area contributed by atoms with E-state index in [1.54, 1.807) is 0 Å². The molecular formula is C13H16N2OS. The van der Waals surface area contributed by atoms with Crippen molar-refractivity contribution >= 4 is 16.5 Å². The van der Waals surface area contributed by atoms with Gasteiger partial charge in [0.2, 0.25) is 0 Å². The number of nitrogen functional groups attached to an aromatic ring is 1. The van der Waals surface area contributed by atoms with Gasteiger partial charge in [-0.1, -0.05) is 11.3 Å². The number of thiazole rings is 1. The van der Waals surface area contributed by atoms with Gasteiger partial charge in [0.15, 0.2) is 5.13 Å². The maximum atomic E-state index is 5.65. The Balaban J connectivity index is 2.31. The number of rotatable bonds is 3. The number of aromatic nitrogens is 1. The van der Waals surface area contributed by atoms with E-state index in [-0.39, 0.29) is 6.10 Å². The molecule has 0 spiro atoms. The SMILES string of the molecule is Cc1cc(OC(C)C)ccc1-c1cnc(N)s1. The number of hydrogen-bond acceptors (Lipinski definition) is 4. The average molecular weight is 248 g/mol. The van der Waals surface area contributed by atoms with Crippen molar-refractivity contribution in [2.45, 2.75) is 26.9 Å². The lowest BCUT2D eigenvalue weighted by Crippen LogP contribution is -2.05. The van der Waals surface area contributed by atoms with Crippen molar-refractivity contribution in [2.75, 3.05) is 5.73 Å². The van der Waals surface area contributed by atoms with E-state index in [4.69, 9.17) is 10.5 Å². The Bertz CT molecular complexity index is 520. The summed E-state index contributed by atoms with van der Waals surface area (Å²) in [5.74, 6) is 0.902. The van der Waals surface area contributed by atoms with Crippen molar-refractivity contribution < 1.29 is 4.74 Å². The van der Waals surface area contributed by atoms with Crippen molar-refractivity contribution in [2.24, 2.45) is 0 Å². The molecule has 1 aromatic carbocycles. The summed E-state index contributed by atoms with van der Waals surface area (Å²) in [7, 11) is 0. The lowest BCUT2D eigenvalue weighted by atomic mass is 10.1. The lowest BCUT2D eigenvalue weighted by molar-refractivity contribution is 0.242. The van der Waals surface area contributed by atoms with E-state index in [2.05, 4.69) is 18.0 Å². The molecule has 3 nitrogen and oxygen atoms in total. The van der Waals surface area contributed by atoms with Crippen molar-refractivity contribution in [3.05, 3.63) is 30.0 Å². The topological polar surface area (TPSA) is 48.1 Å². The predicted molar refractivity (Wildman–Crippen MR) is 72.5 cm³/mol. The molecule has 0 unspecified atom stereocenters. The van der Waals surface area contributed by atoms with Gasteiger partial charge in [-0.05, 0) is 50.1 Å². The van der Waals surface area contributed by atoms with Gasteiger partial charge in [-0.2, -0.15) is 0 Å². The van der Waals surface area contributed by atoms with Crippen LogP contribution in [0.4, 0.5) is 5.13 Å². The molecule has 0 fully saturated rings. The van der Waals surface area contributed by atoms with Gasteiger partial charge in [-0.25, -0.2) is 4.98 Å². The second-order valence-electron chi connectivity index (χ2n) is 4.21. The molecule has 90 valence electrons. The number of hydrogen-bond donors (Lipinski definition) is 1. The summed E-state index contributed by atoms with van der Waals surface area (Å²) in [5.41, 5.74) is 7.98. The van der Waals surface area contributed by atoms with Crippen LogP contribution in [0.1, 0.15) is 19.4 Å². The van der Waals surface area contributed by atoms with E-state index >= 15 is 0 Å². The summed E-state index contributed by atoms with van der Waals surface area (Å²) in [6.07, 6.45) is 2.00. The summed E-state index contributed by atoms with van der Waals surface area (Å²) >= 11 is 1.50. The third-order valence-electron chi connectivity index (χ3n) is 2.36. The molecule has 0 aliphatic carbocycles. The summed E-state index contributed by atoms with van der Waals surface area (Å²) in [6.45, 7) is 6.11. The molecular weight excluding hydrogens is 232 g/mol. The van der Waals surface area contributed by atoms with Crippen molar-refractivity contribution in [1.29, 1.82) is 0 Å². The summed E-state index contributed by atoms with van der Waals surface area (Å²) in [4.78, 5) is 5.16. The van der Waals surface area contributed by atoms with Crippen LogP contribution in [0.15, 0.2) is 24.4 Å². The molecule has 0 radical (unpaired) electrons. The van der Waals surface area contributed by atoms with Crippen LogP contribution in [-0.4, -0.2) is 11.1 Å². The molecule has 0 aliphatic rings. The van der Waals surface area contributed by atoms with Crippen LogP contribution < -0.4 is 10.5 Å². The zero-order valence-electron chi connectivity index (χ0n) is 10.2. The second-order valence-corrected chi connectivity index (χ2v) is 5.27. The van der Waals surface area contributed by atoms with E-state index in [0.29, 0.717) is 5.13 Å². The predicted octanol–water partition coefficient (Wildman–Crippen LogP) is 3.49. The first-order valence-corrected chi connectivity index (χ1v) is 6.37. The Kier molecular flexibility index (Phi) is 3.33. The Hall–Kier alpha value is -1.55. The van der Waals surface area contributed by atoms with E-state index in [1.807, 2.05) is 32.2 Å². The van der Waals surface area contributed by atoms with Gasteiger partial charge in [0, 0.05) is 6.20 Å². The first-order valence-electron chi connectivity index (χ1n) is 5.55. The number of nitrogens with two attached hydrogens (primary N) is 1. The standard InChI is InChI=1S/C13H16N2OS/c1-8(2)16-10-4-5-11(9(3)6-10)12-7-15-13(14)17-12/h4-8H,1-3H3,(H2,14,15). The quantitative estimate of drug-likeness (QED) is 0.904. The van der Waals surface area contributed by atoms with Gasteiger partial charge in [-0.15, -0.1) is 0 Å². The smallest absolute Gasteiger partial charge is 0.180 e. The number of anilines is 1. The zero-order chi connectivity index (χ0) is 12.4. The number of ether oxygens (including phenoxy) is 1. The number of aryl methyl sites for hydroxylation is 1. The first-order chi connectivity index (χ1) is 8.06. The Morgan fingerprint density at radius 2 is 2.12 bits per heavy atom. The first kappa shape index (κ1) is 11.9. The number of benzene rings is 1. The largest absolute Gasteiger partial charge is 0.491 e. The minimum atomic E-state index is 0.194. The Morgan fingerprint density at radius 1 is 1.35 bits per heavy atom. The van der Waals surface area contributed by atoms with Gasteiger partial charge in [0.05, 0.1) is 11.0 Å². The normalized spacial score (nSPS) is 10.8. The summed E-state index contributed by atoms with van der Waals surface area (Å²) in [6, 6.07) is 6.09. The molecule has 1 aromatic heterocycles. The molecule has 4 heteroatoms. The minimum absolute atomic E-state index is 0.194. The molecule has 1 heterocycles. The molecule has 17 heavy (non-hydrogen) atoms. The molecule has 0 bridgehead atoms. The highest BCUT2D eigenvalue weighted by Gasteiger charge is 2.07. The minimum Gasteiger partial charge on any atom is -0.491 e. The van der Waals surface area contributed by atoms with Crippen LogP contribution in [0.3, 0.4) is 0 Å². The number of nitrogens with zero attached hydrogens (tertiary/aromatic N) is 1. The molecule has 0 saturated heterocycles. The maximum Gasteiger partial charge on any atom is 0.180 e. The van der Waals surface area contributed by atoms with E-state index in [1.165, 1.54) is 16.9 Å². The van der Waals surface area contributed by atoms with Gasteiger partial charge >= 0.3 is 0 Å². The van der Waals surface area contributed by atoms with Crippen LogP contribution in [0.5, 0.6) is 5.75 Å². The van der Waals surface area contributed by atoms with E-state index in [9.17, 15) is 0 Å². The zero-order valence-corrected chi connectivity index (χ0v) is 11.0. The van der Waals surface area contributed by atoms with E-state index in [0.717, 1.165) is 16.2 Å². The average Bonchev–Trinajstić information content (AvgIpc) is 2.64.